The number of para-hydroxylation sites is 2. The third-order valence-corrected chi connectivity index (χ3v) is 3.81. The fourth-order valence-electron chi connectivity index (χ4n) is 2.37. The Balaban J connectivity index is 1.55. The first-order chi connectivity index (χ1) is 13.3. The molecule has 1 aliphatic rings. The van der Waals surface area contributed by atoms with Crippen molar-refractivity contribution < 1.29 is 32.2 Å². The van der Waals surface area contributed by atoms with Gasteiger partial charge in [-0.25, -0.2) is 0 Å². The summed E-state index contributed by atoms with van der Waals surface area (Å²) in [4.78, 5) is 23.8. The van der Waals surface area contributed by atoms with E-state index in [-0.39, 0.29) is 17.5 Å². The van der Waals surface area contributed by atoms with Gasteiger partial charge >= 0.3 is 6.36 Å². The third-order valence-electron chi connectivity index (χ3n) is 3.81. The number of hydrogen-bond donors (Lipinski definition) is 2. The Morgan fingerprint density at radius 3 is 2.50 bits per heavy atom. The van der Waals surface area contributed by atoms with E-state index < -0.39 is 24.6 Å². The van der Waals surface area contributed by atoms with Gasteiger partial charge in [0.05, 0.1) is 5.69 Å². The summed E-state index contributed by atoms with van der Waals surface area (Å²) < 4.78 is 46.5. The number of carbonyl (C=O) groups excluding carboxylic acids is 2. The van der Waals surface area contributed by atoms with Crippen LogP contribution in [-0.2, 0) is 9.59 Å². The van der Waals surface area contributed by atoms with E-state index in [2.05, 4.69) is 15.4 Å². The Bertz CT molecular complexity index is 866. The maximum absolute atomic E-state index is 12.4. The Hall–Kier alpha value is -3.23. The van der Waals surface area contributed by atoms with Crippen LogP contribution >= 0.6 is 0 Å². The number of ether oxygens (including phenoxy) is 2. The van der Waals surface area contributed by atoms with Gasteiger partial charge in [0.25, 0.3) is 5.91 Å². The molecule has 2 N–H and O–H groups in total. The lowest BCUT2D eigenvalue weighted by molar-refractivity contribution is -0.274. The monoisotopic (exact) mass is 394 g/mol. The van der Waals surface area contributed by atoms with Gasteiger partial charge in [0.1, 0.15) is 5.75 Å². The number of carbonyl (C=O) groups is 2. The minimum atomic E-state index is -4.87. The molecule has 6 nitrogen and oxygen atoms in total. The highest BCUT2D eigenvalue weighted by Gasteiger charge is 2.32. The van der Waals surface area contributed by atoms with Crippen molar-refractivity contribution in [1.82, 2.24) is 0 Å². The van der Waals surface area contributed by atoms with E-state index in [1.807, 2.05) is 0 Å². The Morgan fingerprint density at radius 2 is 1.79 bits per heavy atom. The second-order valence-corrected chi connectivity index (χ2v) is 6.17. The zero-order valence-corrected chi connectivity index (χ0v) is 14.6. The Morgan fingerprint density at radius 1 is 1.04 bits per heavy atom. The lowest BCUT2D eigenvalue weighted by Gasteiger charge is -2.14. The van der Waals surface area contributed by atoms with Gasteiger partial charge in [-0.3, -0.25) is 9.59 Å². The van der Waals surface area contributed by atoms with Crippen molar-refractivity contribution in [3.8, 4) is 11.5 Å². The number of benzene rings is 2. The van der Waals surface area contributed by atoms with Crippen LogP contribution in [0, 0.1) is 5.92 Å². The molecule has 0 aliphatic heterocycles. The van der Waals surface area contributed by atoms with Crippen LogP contribution in [0.4, 0.5) is 24.5 Å². The van der Waals surface area contributed by atoms with E-state index >= 15 is 0 Å². The summed E-state index contributed by atoms with van der Waals surface area (Å²) in [6.07, 6.45) is -3.12. The highest BCUT2D eigenvalue weighted by molar-refractivity contribution is 5.94. The second kappa shape index (κ2) is 8.20. The van der Waals surface area contributed by atoms with Crippen molar-refractivity contribution in [2.45, 2.75) is 19.2 Å². The van der Waals surface area contributed by atoms with Crippen LogP contribution in [0.1, 0.15) is 12.8 Å². The summed E-state index contributed by atoms with van der Waals surface area (Å²) in [7, 11) is 0. The first kappa shape index (κ1) is 19.5. The van der Waals surface area contributed by atoms with E-state index in [9.17, 15) is 22.8 Å². The molecule has 3 rings (SSSR count). The van der Waals surface area contributed by atoms with Gasteiger partial charge < -0.3 is 20.1 Å². The first-order valence-corrected chi connectivity index (χ1v) is 8.48. The number of hydrogen-bond acceptors (Lipinski definition) is 4. The molecule has 0 aromatic heterocycles. The molecule has 1 fully saturated rings. The molecule has 2 aromatic rings. The standard InChI is InChI=1S/C19H17F3N2O4/c20-19(21,22)28-16-7-2-1-6-15(16)24-17(25)11-27-14-5-3-4-13(10-14)23-18(26)12-8-9-12/h1-7,10,12H,8-9,11H2,(H,23,26)(H,24,25). The van der Waals surface area contributed by atoms with Crippen LogP contribution in [0.25, 0.3) is 0 Å². The molecule has 9 heteroatoms. The topological polar surface area (TPSA) is 76.7 Å². The molecule has 2 aromatic carbocycles. The number of anilines is 2. The molecule has 0 spiro atoms. The normalized spacial score (nSPS) is 13.5. The van der Waals surface area contributed by atoms with Gasteiger partial charge in [0.2, 0.25) is 5.91 Å². The molecule has 2 amide bonds. The number of nitrogens with one attached hydrogen (secondary N) is 2. The molecule has 0 bridgehead atoms. The van der Waals surface area contributed by atoms with Gasteiger partial charge in [-0.1, -0.05) is 18.2 Å². The maximum Gasteiger partial charge on any atom is 0.573 e. The second-order valence-electron chi connectivity index (χ2n) is 6.17. The predicted molar refractivity (Wildman–Crippen MR) is 95.0 cm³/mol. The summed E-state index contributed by atoms with van der Waals surface area (Å²) in [6.45, 7) is -0.430. The van der Waals surface area contributed by atoms with Crippen LogP contribution in [-0.4, -0.2) is 24.8 Å². The molecule has 0 heterocycles. The van der Waals surface area contributed by atoms with Crippen molar-refractivity contribution >= 4 is 23.2 Å². The van der Waals surface area contributed by atoms with Crippen LogP contribution < -0.4 is 20.1 Å². The van der Waals surface area contributed by atoms with E-state index in [0.29, 0.717) is 11.4 Å². The molecule has 28 heavy (non-hydrogen) atoms. The number of alkyl halides is 3. The van der Waals surface area contributed by atoms with Gasteiger partial charge in [-0.2, -0.15) is 0 Å². The summed E-state index contributed by atoms with van der Waals surface area (Å²) in [5.41, 5.74) is 0.414. The zero-order valence-electron chi connectivity index (χ0n) is 14.6. The Labute approximate surface area is 158 Å². The SMILES string of the molecule is O=C(COc1cccc(NC(=O)C2CC2)c1)Nc1ccccc1OC(F)(F)F. The number of rotatable bonds is 7. The third kappa shape index (κ3) is 5.90. The van der Waals surface area contributed by atoms with Crippen LogP contribution in [0.3, 0.4) is 0 Å². The predicted octanol–water partition coefficient (Wildman–Crippen LogP) is 3.95. The fourth-order valence-corrected chi connectivity index (χ4v) is 2.37. The quantitative estimate of drug-likeness (QED) is 0.746. The summed E-state index contributed by atoms with van der Waals surface area (Å²) in [5.74, 6) is -0.854. The summed E-state index contributed by atoms with van der Waals surface area (Å²) >= 11 is 0. The van der Waals surface area contributed by atoms with Gasteiger partial charge in [0, 0.05) is 17.7 Å². The van der Waals surface area contributed by atoms with E-state index in [0.717, 1.165) is 18.9 Å². The van der Waals surface area contributed by atoms with E-state index in [4.69, 9.17) is 4.74 Å². The van der Waals surface area contributed by atoms with Gasteiger partial charge in [-0.05, 0) is 37.1 Å². The van der Waals surface area contributed by atoms with E-state index in [1.165, 1.54) is 18.2 Å². The minimum Gasteiger partial charge on any atom is -0.484 e. The largest absolute Gasteiger partial charge is 0.573 e. The number of halogens is 3. The summed E-state index contributed by atoms with van der Waals surface area (Å²) in [6, 6.07) is 11.7. The molecular formula is C19H17F3N2O4. The van der Waals surface area contributed by atoms with Crippen LogP contribution in [0.15, 0.2) is 48.5 Å². The average Bonchev–Trinajstić information content (AvgIpc) is 3.46. The summed E-state index contributed by atoms with van der Waals surface area (Å²) in [5, 5.41) is 5.07. The van der Waals surface area contributed by atoms with Crippen LogP contribution in [0.5, 0.6) is 11.5 Å². The average molecular weight is 394 g/mol. The maximum atomic E-state index is 12.4. The van der Waals surface area contributed by atoms with Crippen LogP contribution in [0.2, 0.25) is 0 Å². The van der Waals surface area contributed by atoms with Gasteiger partial charge in [-0.15, -0.1) is 13.2 Å². The Kier molecular flexibility index (Phi) is 5.72. The molecule has 0 radical (unpaired) electrons. The number of amides is 2. The zero-order chi connectivity index (χ0) is 20.1. The molecule has 0 saturated heterocycles. The smallest absolute Gasteiger partial charge is 0.484 e. The molecular weight excluding hydrogens is 377 g/mol. The van der Waals surface area contributed by atoms with Crippen molar-refractivity contribution in [1.29, 1.82) is 0 Å². The lowest BCUT2D eigenvalue weighted by atomic mass is 10.3. The minimum absolute atomic E-state index is 0.0503. The van der Waals surface area contributed by atoms with Crippen molar-refractivity contribution in [2.24, 2.45) is 5.92 Å². The molecule has 0 unspecified atom stereocenters. The lowest BCUT2D eigenvalue weighted by Crippen LogP contribution is -2.22. The highest BCUT2D eigenvalue weighted by atomic mass is 19.4. The van der Waals surface area contributed by atoms with Crippen molar-refractivity contribution in [2.75, 3.05) is 17.2 Å². The molecule has 0 atom stereocenters. The van der Waals surface area contributed by atoms with E-state index in [1.54, 1.807) is 24.3 Å². The highest BCUT2D eigenvalue weighted by Crippen LogP contribution is 2.31. The molecule has 148 valence electrons. The molecule has 1 aliphatic carbocycles. The van der Waals surface area contributed by atoms with Crippen molar-refractivity contribution in [3.63, 3.8) is 0 Å². The molecule has 1 saturated carbocycles. The fraction of sp³-hybridized carbons (Fsp3) is 0.263. The first-order valence-electron chi connectivity index (χ1n) is 8.48. The van der Waals surface area contributed by atoms with Gasteiger partial charge in [0.15, 0.2) is 12.4 Å². The van der Waals surface area contributed by atoms with Crippen molar-refractivity contribution in [3.05, 3.63) is 48.5 Å².